The van der Waals surface area contributed by atoms with Gasteiger partial charge in [-0.15, -0.1) is 11.3 Å². The molecule has 0 bridgehead atoms. The first-order valence-corrected chi connectivity index (χ1v) is 11.2. The van der Waals surface area contributed by atoms with Crippen LogP contribution >= 0.6 is 11.3 Å². The molecule has 0 spiro atoms. The number of ether oxygens (including phenoxy) is 2. The van der Waals surface area contributed by atoms with E-state index in [-0.39, 0.29) is 17.6 Å². The molecule has 1 N–H and O–H groups in total. The number of rotatable bonds is 5. The second-order valence-electron chi connectivity index (χ2n) is 7.78. The average Bonchev–Trinajstić information content (AvgIpc) is 3.51. The van der Waals surface area contributed by atoms with E-state index >= 15 is 0 Å². The molecule has 8 nitrogen and oxygen atoms in total. The van der Waals surface area contributed by atoms with E-state index in [1.165, 1.54) is 12.1 Å². The molecule has 0 aliphatic carbocycles. The van der Waals surface area contributed by atoms with E-state index < -0.39 is 4.92 Å². The Morgan fingerprint density at radius 2 is 1.94 bits per heavy atom. The van der Waals surface area contributed by atoms with E-state index in [0.717, 1.165) is 16.0 Å². The molecule has 1 aliphatic rings. The average molecular weight is 464 g/mol. The molecular weight excluding hydrogens is 442 g/mol. The number of methoxy groups -OCH3 is 2. The summed E-state index contributed by atoms with van der Waals surface area (Å²) in [7, 11) is 3.21. The number of nitro groups is 1. The van der Waals surface area contributed by atoms with Gasteiger partial charge >= 0.3 is 0 Å². The smallest absolute Gasteiger partial charge is 0.271 e. The van der Waals surface area contributed by atoms with Crippen molar-refractivity contribution in [1.82, 2.24) is 9.88 Å². The maximum Gasteiger partial charge on any atom is 0.271 e. The third-order valence-corrected chi connectivity index (χ3v) is 6.92. The lowest BCUT2D eigenvalue weighted by atomic mass is 9.90. The Kier molecular flexibility index (Phi) is 5.26. The second-order valence-corrected chi connectivity index (χ2v) is 8.76. The third kappa shape index (κ3) is 3.60. The quantitative estimate of drug-likeness (QED) is 0.334. The van der Waals surface area contributed by atoms with E-state index in [1.54, 1.807) is 37.7 Å². The van der Waals surface area contributed by atoms with Crippen molar-refractivity contribution in [3.05, 3.63) is 85.7 Å². The largest absolute Gasteiger partial charge is 0.493 e. The standard InChI is InChI=1S/C24H21N3O5S/c1-31-20-12-14-7-8-26(23(22-4-3-9-33-22)17(14)13-21(20)32-2)24(28)19-11-15-10-16(27(29)30)5-6-18(15)25-19/h3-6,9-13,23,25H,7-8H2,1-2H3/t23-/m0/s1. The summed E-state index contributed by atoms with van der Waals surface area (Å²) in [6.07, 6.45) is 0.676. The van der Waals surface area contributed by atoms with Crippen molar-refractivity contribution in [3.63, 3.8) is 0 Å². The van der Waals surface area contributed by atoms with Crippen LogP contribution in [0, 0.1) is 10.1 Å². The molecule has 3 heterocycles. The predicted molar refractivity (Wildman–Crippen MR) is 125 cm³/mol. The van der Waals surface area contributed by atoms with E-state index in [1.807, 2.05) is 34.5 Å². The van der Waals surface area contributed by atoms with Crippen LogP contribution in [0.15, 0.2) is 53.9 Å². The maximum atomic E-state index is 13.7. The van der Waals surface area contributed by atoms with Crippen molar-refractivity contribution >= 4 is 33.8 Å². The third-order valence-electron chi connectivity index (χ3n) is 5.99. The highest BCUT2D eigenvalue weighted by Gasteiger charge is 2.35. The van der Waals surface area contributed by atoms with Crippen molar-refractivity contribution < 1.29 is 19.2 Å². The second kappa shape index (κ2) is 8.25. The summed E-state index contributed by atoms with van der Waals surface area (Å²) in [6.45, 7) is 0.527. The molecule has 2 aromatic heterocycles. The minimum absolute atomic E-state index is 0.00935. The van der Waals surface area contributed by atoms with Crippen molar-refractivity contribution in [2.45, 2.75) is 12.5 Å². The highest BCUT2D eigenvalue weighted by molar-refractivity contribution is 7.10. The van der Waals surface area contributed by atoms with Gasteiger partial charge in [0.1, 0.15) is 5.69 Å². The van der Waals surface area contributed by atoms with Crippen LogP contribution in [-0.4, -0.2) is 41.5 Å². The number of hydrogen-bond donors (Lipinski definition) is 1. The van der Waals surface area contributed by atoms with Gasteiger partial charge in [-0.25, -0.2) is 0 Å². The van der Waals surface area contributed by atoms with Crippen LogP contribution in [0.3, 0.4) is 0 Å². The number of H-pyrrole nitrogens is 1. The molecular formula is C24H21N3O5S. The van der Waals surface area contributed by atoms with Gasteiger partial charge < -0.3 is 19.4 Å². The van der Waals surface area contributed by atoms with Gasteiger partial charge in [-0.1, -0.05) is 6.07 Å². The van der Waals surface area contributed by atoms with E-state index in [0.29, 0.717) is 41.1 Å². The number of nitro benzene ring substituents is 1. The number of aromatic nitrogens is 1. The molecule has 168 valence electrons. The van der Waals surface area contributed by atoms with Gasteiger partial charge in [0.2, 0.25) is 0 Å². The molecule has 9 heteroatoms. The van der Waals surface area contributed by atoms with Crippen LogP contribution < -0.4 is 9.47 Å². The van der Waals surface area contributed by atoms with Crippen LogP contribution in [0.2, 0.25) is 0 Å². The predicted octanol–water partition coefficient (Wildman–Crippen LogP) is 4.94. The zero-order chi connectivity index (χ0) is 23.1. The summed E-state index contributed by atoms with van der Waals surface area (Å²) in [5.41, 5.74) is 3.19. The molecule has 1 aliphatic heterocycles. The van der Waals surface area contributed by atoms with Crippen LogP contribution in [0.5, 0.6) is 11.5 Å². The first-order chi connectivity index (χ1) is 16.0. The summed E-state index contributed by atoms with van der Waals surface area (Å²) in [5, 5.41) is 13.7. The molecule has 4 aromatic rings. The molecule has 33 heavy (non-hydrogen) atoms. The van der Waals surface area contributed by atoms with E-state index in [2.05, 4.69) is 4.98 Å². The summed E-state index contributed by atoms with van der Waals surface area (Å²) in [6, 6.07) is 13.9. The Morgan fingerprint density at radius 3 is 2.64 bits per heavy atom. The van der Waals surface area contributed by atoms with E-state index in [4.69, 9.17) is 9.47 Å². The Hall–Kier alpha value is -3.85. The number of hydrogen-bond acceptors (Lipinski definition) is 6. The number of carbonyl (C=O) groups excluding carboxylic acids is 1. The molecule has 0 fully saturated rings. The molecule has 0 saturated carbocycles. The fourth-order valence-corrected chi connectivity index (χ4v) is 5.28. The monoisotopic (exact) mass is 463 g/mol. The van der Waals surface area contributed by atoms with Gasteiger partial charge in [-0.3, -0.25) is 14.9 Å². The summed E-state index contributed by atoms with van der Waals surface area (Å²) >= 11 is 1.59. The molecule has 2 aromatic carbocycles. The van der Waals surface area contributed by atoms with Gasteiger partial charge in [0.05, 0.1) is 25.2 Å². The minimum Gasteiger partial charge on any atom is -0.493 e. The van der Waals surface area contributed by atoms with Gasteiger partial charge in [0, 0.05) is 34.5 Å². The number of nitrogens with zero attached hydrogens (tertiary/aromatic N) is 2. The lowest BCUT2D eigenvalue weighted by Gasteiger charge is -2.37. The zero-order valence-electron chi connectivity index (χ0n) is 18.0. The first kappa shape index (κ1) is 21.0. The number of aromatic amines is 1. The van der Waals surface area contributed by atoms with E-state index in [9.17, 15) is 14.9 Å². The molecule has 0 unspecified atom stereocenters. The Morgan fingerprint density at radius 1 is 1.15 bits per heavy atom. The fraction of sp³-hybridized carbons (Fsp3) is 0.208. The topological polar surface area (TPSA) is 97.7 Å². The van der Waals surface area contributed by atoms with Crippen molar-refractivity contribution in [2.24, 2.45) is 0 Å². The van der Waals surface area contributed by atoms with Crippen LogP contribution in [-0.2, 0) is 6.42 Å². The Balaban J connectivity index is 1.58. The summed E-state index contributed by atoms with van der Waals surface area (Å²) in [5.74, 6) is 1.12. The molecule has 1 atom stereocenters. The Bertz CT molecular complexity index is 1360. The molecule has 0 saturated heterocycles. The number of non-ortho nitro benzene ring substituents is 1. The number of amides is 1. The van der Waals surface area contributed by atoms with Gasteiger partial charge in [0.25, 0.3) is 11.6 Å². The lowest BCUT2D eigenvalue weighted by Crippen LogP contribution is -2.40. The van der Waals surface area contributed by atoms with Gasteiger partial charge in [-0.2, -0.15) is 0 Å². The van der Waals surface area contributed by atoms with Gasteiger partial charge in [0.15, 0.2) is 11.5 Å². The first-order valence-electron chi connectivity index (χ1n) is 10.4. The summed E-state index contributed by atoms with van der Waals surface area (Å²) < 4.78 is 11.0. The molecule has 0 radical (unpaired) electrons. The normalized spacial score (nSPS) is 15.3. The number of carbonyl (C=O) groups is 1. The van der Waals surface area contributed by atoms with Gasteiger partial charge in [-0.05, 0) is 53.3 Å². The van der Waals surface area contributed by atoms with Crippen molar-refractivity contribution in [1.29, 1.82) is 0 Å². The number of fused-ring (bicyclic) bond motifs is 2. The van der Waals surface area contributed by atoms with Crippen LogP contribution in [0.25, 0.3) is 10.9 Å². The van der Waals surface area contributed by atoms with Crippen LogP contribution in [0.1, 0.15) is 32.5 Å². The molecule has 1 amide bonds. The molecule has 5 rings (SSSR count). The number of thiophene rings is 1. The highest BCUT2D eigenvalue weighted by Crippen LogP contribution is 2.42. The van der Waals surface area contributed by atoms with Crippen LogP contribution in [0.4, 0.5) is 5.69 Å². The van der Waals surface area contributed by atoms with Crippen molar-refractivity contribution in [3.8, 4) is 11.5 Å². The van der Waals surface area contributed by atoms with Crippen molar-refractivity contribution in [2.75, 3.05) is 20.8 Å². The lowest BCUT2D eigenvalue weighted by molar-refractivity contribution is -0.384. The fourth-order valence-electron chi connectivity index (χ4n) is 4.42. The number of nitrogens with one attached hydrogen (secondary N) is 1. The highest BCUT2D eigenvalue weighted by atomic mass is 32.1. The zero-order valence-corrected chi connectivity index (χ0v) is 18.8. The minimum atomic E-state index is -0.440. The SMILES string of the molecule is COc1cc2c(cc1OC)[C@@H](c1cccs1)N(C(=O)c1cc3cc([N+](=O)[O-])ccc3[nH]1)CC2. The number of benzene rings is 2. The maximum absolute atomic E-state index is 13.7. The Labute approximate surface area is 193 Å². The summed E-state index contributed by atoms with van der Waals surface area (Å²) in [4.78, 5) is 30.4.